The number of halogens is 2. The molecule has 0 amide bonds. The summed E-state index contributed by atoms with van der Waals surface area (Å²) in [5.41, 5.74) is 2.00. The summed E-state index contributed by atoms with van der Waals surface area (Å²) in [5.74, 6) is 0.460. The fourth-order valence-electron chi connectivity index (χ4n) is 1.69. The van der Waals surface area contributed by atoms with Gasteiger partial charge in [-0.1, -0.05) is 23.2 Å². The largest absolute Gasteiger partial charge is 0.495 e. The lowest BCUT2D eigenvalue weighted by molar-refractivity contribution is 0.112. The molecule has 0 radical (unpaired) electrons. The molecule has 0 saturated heterocycles. The van der Waals surface area contributed by atoms with Crippen molar-refractivity contribution in [3.05, 3.63) is 27.4 Å². The van der Waals surface area contributed by atoms with Gasteiger partial charge in [-0.15, -0.1) is 0 Å². The number of carbonyl (C=O) groups excluding carboxylic acids is 1. The minimum absolute atomic E-state index is 0.343. The van der Waals surface area contributed by atoms with Crippen LogP contribution in [0.15, 0.2) is 6.07 Å². The molecule has 0 saturated carbocycles. The summed E-state index contributed by atoms with van der Waals surface area (Å²) in [6, 6.07) is 1.71. The Bertz CT molecular complexity index is 575. The van der Waals surface area contributed by atoms with E-state index in [1.807, 2.05) is 0 Å². The monoisotopic (exact) mass is 257 g/mol. The predicted octanol–water partition coefficient (Wildman–Crippen LogP) is 3.60. The highest BCUT2D eigenvalue weighted by atomic mass is 35.5. The maximum Gasteiger partial charge on any atom is 0.152 e. The van der Waals surface area contributed by atoms with E-state index in [1.165, 1.54) is 7.11 Å². The maximum absolute atomic E-state index is 11.0. The molecule has 5 heteroatoms. The van der Waals surface area contributed by atoms with E-state index in [2.05, 4.69) is 4.98 Å². The number of carbonyl (C=O) groups is 1. The standard InChI is InChI=1S/C11H9Cl2NO2/c1-5-7(4-15)6-3-8(16-2)9(12)10(13)11(6)14-5/h3-4,14H,1-2H3. The third-order valence-electron chi connectivity index (χ3n) is 2.52. The van der Waals surface area contributed by atoms with E-state index in [9.17, 15) is 4.79 Å². The van der Waals surface area contributed by atoms with Crippen LogP contribution in [-0.4, -0.2) is 18.4 Å². The molecule has 1 N–H and O–H groups in total. The summed E-state index contributed by atoms with van der Waals surface area (Å²) < 4.78 is 5.10. The SMILES string of the molecule is COc1cc2c(C=O)c(C)[nH]c2c(Cl)c1Cl. The number of H-pyrrole nitrogens is 1. The predicted molar refractivity (Wildman–Crippen MR) is 65.0 cm³/mol. The first-order chi connectivity index (χ1) is 7.60. The molecule has 0 spiro atoms. The summed E-state index contributed by atoms with van der Waals surface area (Å²) in [7, 11) is 1.50. The first-order valence-corrected chi connectivity index (χ1v) is 5.35. The van der Waals surface area contributed by atoms with E-state index in [1.54, 1.807) is 13.0 Å². The Morgan fingerprint density at radius 3 is 2.62 bits per heavy atom. The van der Waals surface area contributed by atoms with Crippen LogP contribution in [0.25, 0.3) is 10.9 Å². The number of aryl methyl sites for hydroxylation is 1. The third kappa shape index (κ3) is 1.47. The van der Waals surface area contributed by atoms with Crippen LogP contribution in [0.3, 0.4) is 0 Å². The zero-order chi connectivity index (χ0) is 11.9. The van der Waals surface area contributed by atoms with Crippen LogP contribution in [-0.2, 0) is 0 Å². The van der Waals surface area contributed by atoms with Crippen molar-refractivity contribution >= 4 is 40.4 Å². The van der Waals surface area contributed by atoms with Crippen molar-refractivity contribution in [1.82, 2.24) is 4.98 Å². The van der Waals surface area contributed by atoms with Gasteiger partial charge in [0.15, 0.2) is 6.29 Å². The number of methoxy groups -OCH3 is 1. The summed E-state index contributed by atoms with van der Waals surface area (Å²) in [4.78, 5) is 14.0. The lowest BCUT2D eigenvalue weighted by Gasteiger charge is -2.05. The van der Waals surface area contributed by atoms with Crippen molar-refractivity contribution in [2.45, 2.75) is 6.92 Å². The van der Waals surface area contributed by atoms with E-state index in [0.29, 0.717) is 26.9 Å². The molecule has 0 atom stereocenters. The molecule has 0 aliphatic rings. The average Bonchev–Trinajstić information content (AvgIpc) is 2.59. The minimum atomic E-state index is 0.343. The van der Waals surface area contributed by atoms with E-state index >= 15 is 0 Å². The zero-order valence-electron chi connectivity index (χ0n) is 8.73. The van der Waals surface area contributed by atoms with Crippen LogP contribution in [0, 0.1) is 6.92 Å². The molecular weight excluding hydrogens is 249 g/mol. The Hall–Kier alpha value is -1.19. The van der Waals surface area contributed by atoms with Crippen molar-refractivity contribution in [2.24, 2.45) is 0 Å². The van der Waals surface area contributed by atoms with Crippen LogP contribution in [0.1, 0.15) is 16.1 Å². The van der Waals surface area contributed by atoms with E-state index in [0.717, 1.165) is 17.4 Å². The number of aldehydes is 1. The molecule has 84 valence electrons. The highest BCUT2D eigenvalue weighted by Crippen LogP contribution is 2.39. The van der Waals surface area contributed by atoms with Gasteiger partial charge in [-0.25, -0.2) is 0 Å². The van der Waals surface area contributed by atoms with Crippen molar-refractivity contribution in [3.63, 3.8) is 0 Å². The van der Waals surface area contributed by atoms with E-state index in [-0.39, 0.29) is 0 Å². The van der Waals surface area contributed by atoms with Gasteiger partial charge in [0, 0.05) is 16.6 Å². The minimum Gasteiger partial charge on any atom is -0.495 e. The summed E-state index contributed by atoms with van der Waals surface area (Å²) in [6.07, 6.45) is 0.790. The van der Waals surface area contributed by atoms with Gasteiger partial charge in [0.25, 0.3) is 0 Å². The highest BCUT2D eigenvalue weighted by Gasteiger charge is 2.16. The first kappa shape index (κ1) is 11.3. The molecule has 2 rings (SSSR count). The normalized spacial score (nSPS) is 10.8. The number of benzene rings is 1. The van der Waals surface area contributed by atoms with Gasteiger partial charge in [0.2, 0.25) is 0 Å². The Balaban J connectivity index is 2.92. The molecule has 1 aromatic carbocycles. The Morgan fingerprint density at radius 1 is 1.38 bits per heavy atom. The van der Waals surface area contributed by atoms with Crippen LogP contribution < -0.4 is 4.74 Å². The Morgan fingerprint density at radius 2 is 2.06 bits per heavy atom. The van der Waals surface area contributed by atoms with Gasteiger partial charge in [0.1, 0.15) is 10.8 Å². The fraction of sp³-hybridized carbons (Fsp3) is 0.182. The number of nitrogens with one attached hydrogen (secondary N) is 1. The molecule has 1 heterocycles. The number of fused-ring (bicyclic) bond motifs is 1. The molecule has 2 aromatic rings. The molecule has 0 unspecified atom stereocenters. The quantitative estimate of drug-likeness (QED) is 0.836. The number of aromatic nitrogens is 1. The van der Waals surface area contributed by atoms with Gasteiger partial charge in [-0.2, -0.15) is 0 Å². The van der Waals surface area contributed by atoms with E-state index < -0.39 is 0 Å². The summed E-state index contributed by atoms with van der Waals surface area (Å²) in [6.45, 7) is 1.81. The second-order valence-corrected chi connectivity index (χ2v) is 4.17. The molecule has 3 nitrogen and oxygen atoms in total. The zero-order valence-corrected chi connectivity index (χ0v) is 10.2. The van der Waals surface area contributed by atoms with Gasteiger partial charge >= 0.3 is 0 Å². The molecule has 0 aliphatic carbocycles. The van der Waals surface area contributed by atoms with Gasteiger partial charge in [-0.3, -0.25) is 4.79 Å². The van der Waals surface area contributed by atoms with E-state index in [4.69, 9.17) is 27.9 Å². The van der Waals surface area contributed by atoms with Crippen molar-refractivity contribution in [3.8, 4) is 5.75 Å². The smallest absolute Gasteiger partial charge is 0.152 e. The van der Waals surface area contributed by atoms with Gasteiger partial charge in [-0.05, 0) is 13.0 Å². The molecule has 1 aromatic heterocycles. The molecule has 0 aliphatic heterocycles. The third-order valence-corrected chi connectivity index (χ3v) is 3.37. The van der Waals surface area contributed by atoms with Crippen molar-refractivity contribution in [1.29, 1.82) is 0 Å². The van der Waals surface area contributed by atoms with Crippen LogP contribution >= 0.6 is 23.2 Å². The molecule has 0 fully saturated rings. The van der Waals surface area contributed by atoms with Crippen LogP contribution in [0.4, 0.5) is 0 Å². The topological polar surface area (TPSA) is 42.1 Å². The number of rotatable bonds is 2. The number of hydrogen-bond acceptors (Lipinski definition) is 2. The lowest BCUT2D eigenvalue weighted by atomic mass is 10.1. The second kappa shape index (κ2) is 4.00. The van der Waals surface area contributed by atoms with Crippen molar-refractivity contribution < 1.29 is 9.53 Å². The summed E-state index contributed by atoms with van der Waals surface area (Å²) >= 11 is 12.1. The van der Waals surface area contributed by atoms with Gasteiger partial charge in [0.05, 0.1) is 17.6 Å². The average molecular weight is 258 g/mol. The lowest BCUT2D eigenvalue weighted by Crippen LogP contribution is -1.86. The first-order valence-electron chi connectivity index (χ1n) is 4.59. The molecule has 16 heavy (non-hydrogen) atoms. The van der Waals surface area contributed by atoms with Crippen LogP contribution in [0.5, 0.6) is 5.75 Å². The molecular formula is C11H9Cl2NO2. The Labute approximate surface area is 102 Å². The highest BCUT2D eigenvalue weighted by molar-refractivity contribution is 6.46. The number of ether oxygens (including phenoxy) is 1. The fourth-order valence-corrected chi connectivity index (χ4v) is 2.16. The van der Waals surface area contributed by atoms with Crippen LogP contribution in [0.2, 0.25) is 10.0 Å². The molecule has 0 bridgehead atoms. The summed E-state index contributed by atoms with van der Waals surface area (Å²) in [5, 5.41) is 1.43. The van der Waals surface area contributed by atoms with Crippen molar-refractivity contribution in [2.75, 3.05) is 7.11 Å². The number of hydrogen-bond donors (Lipinski definition) is 1. The number of aromatic amines is 1. The Kier molecular flexibility index (Phi) is 2.82. The second-order valence-electron chi connectivity index (χ2n) is 3.41. The van der Waals surface area contributed by atoms with Gasteiger partial charge < -0.3 is 9.72 Å². The maximum atomic E-state index is 11.0.